The van der Waals surface area contributed by atoms with Gasteiger partial charge in [0, 0.05) is 64.8 Å². The molecule has 152 valence electrons. The number of nitrogens with zero attached hydrogens (tertiary/aromatic N) is 5. The highest BCUT2D eigenvalue weighted by atomic mass is 32.2. The molecule has 0 spiro atoms. The van der Waals surface area contributed by atoms with Crippen molar-refractivity contribution in [3.63, 3.8) is 0 Å². The van der Waals surface area contributed by atoms with E-state index in [0.717, 1.165) is 25.9 Å². The van der Waals surface area contributed by atoms with E-state index in [2.05, 4.69) is 9.88 Å². The van der Waals surface area contributed by atoms with E-state index in [1.165, 1.54) is 6.26 Å². The van der Waals surface area contributed by atoms with Gasteiger partial charge in [0.15, 0.2) is 5.82 Å². The van der Waals surface area contributed by atoms with Crippen LogP contribution in [0.5, 0.6) is 0 Å². The van der Waals surface area contributed by atoms with E-state index < -0.39 is 10.0 Å². The number of aromatic nitrogens is 2. The Balaban J connectivity index is 1.66. The molecule has 10 heteroatoms. The smallest absolute Gasteiger partial charge is 0.289 e. The Morgan fingerprint density at radius 3 is 2.70 bits per heavy atom. The van der Waals surface area contributed by atoms with Gasteiger partial charge in [0.05, 0.1) is 19.5 Å². The minimum Gasteiger partial charge on any atom is -0.379 e. The summed E-state index contributed by atoms with van der Waals surface area (Å²) in [6.07, 6.45) is 6.14. The summed E-state index contributed by atoms with van der Waals surface area (Å²) in [4.78, 5) is 20.8. The molecule has 3 rings (SSSR count). The first-order valence-corrected chi connectivity index (χ1v) is 11.2. The lowest BCUT2D eigenvalue weighted by Gasteiger charge is -2.39. The quantitative estimate of drug-likeness (QED) is 0.648. The van der Waals surface area contributed by atoms with Crippen molar-refractivity contribution in [1.82, 2.24) is 23.7 Å². The van der Waals surface area contributed by atoms with Crippen molar-refractivity contribution >= 4 is 15.9 Å². The first-order valence-electron chi connectivity index (χ1n) is 9.40. The Labute approximate surface area is 160 Å². The Hall–Kier alpha value is -1.49. The lowest BCUT2D eigenvalue weighted by molar-refractivity contribution is 0.0333. The zero-order chi connectivity index (χ0) is 19.4. The van der Waals surface area contributed by atoms with Crippen molar-refractivity contribution in [3.8, 4) is 0 Å². The molecular weight excluding hydrogens is 370 g/mol. The fourth-order valence-electron chi connectivity index (χ4n) is 3.77. The van der Waals surface area contributed by atoms with Gasteiger partial charge in [-0.1, -0.05) is 0 Å². The molecule has 0 bridgehead atoms. The summed E-state index contributed by atoms with van der Waals surface area (Å²) in [6, 6.07) is -0.195. The Kier molecular flexibility index (Phi) is 6.51. The van der Waals surface area contributed by atoms with E-state index in [4.69, 9.17) is 4.74 Å². The highest BCUT2D eigenvalue weighted by molar-refractivity contribution is 7.88. The molecule has 1 atom stereocenters. The summed E-state index contributed by atoms with van der Waals surface area (Å²) in [5.74, 6) is 0.240. The summed E-state index contributed by atoms with van der Waals surface area (Å²) in [5.41, 5.74) is 0. The lowest BCUT2D eigenvalue weighted by Crippen LogP contribution is -2.53. The number of sulfonamides is 1. The summed E-state index contributed by atoms with van der Waals surface area (Å²) in [5, 5.41) is 0. The molecule has 2 saturated heterocycles. The van der Waals surface area contributed by atoms with Crippen molar-refractivity contribution in [2.45, 2.75) is 18.9 Å². The average Bonchev–Trinajstić information content (AvgIpc) is 3.07. The molecule has 2 fully saturated rings. The molecular formula is C17H29N5O4S. The number of morpholine rings is 1. The fraction of sp³-hybridized carbons (Fsp3) is 0.765. The second-order valence-corrected chi connectivity index (χ2v) is 9.17. The van der Waals surface area contributed by atoms with Gasteiger partial charge in [0.1, 0.15) is 0 Å². The van der Waals surface area contributed by atoms with Crippen LogP contribution in [0.3, 0.4) is 0 Å². The van der Waals surface area contributed by atoms with Crippen LogP contribution in [0, 0.1) is 0 Å². The molecule has 1 unspecified atom stereocenters. The van der Waals surface area contributed by atoms with Crippen LogP contribution in [-0.4, -0.2) is 103 Å². The van der Waals surface area contributed by atoms with Crippen LogP contribution in [0.15, 0.2) is 12.4 Å². The standard InChI is InChI=1S/C17H29N5O4S/c1-19-7-5-18-16(19)17(23)21-6-3-4-15(14-21)22(27(2,24)25)9-8-20-10-12-26-13-11-20/h5,7,15H,3-4,6,8-14H2,1-2H3. The zero-order valence-electron chi connectivity index (χ0n) is 16.1. The Morgan fingerprint density at radius 2 is 2.07 bits per heavy atom. The summed E-state index contributed by atoms with van der Waals surface area (Å²) < 4.78 is 33.5. The fourth-order valence-corrected chi connectivity index (χ4v) is 4.90. The molecule has 2 aliphatic heterocycles. The molecule has 1 aromatic rings. The Morgan fingerprint density at radius 1 is 1.33 bits per heavy atom. The highest BCUT2D eigenvalue weighted by Crippen LogP contribution is 2.20. The maximum atomic E-state index is 12.8. The summed E-state index contributed by atoms with van der Waals surface area (Å²) >= 11 is 0. The van der Waals surface area contributed by atoms with Gasteiger partial charge < -0.3 is 14.2 Å². The minimum absolute atomic E-state index is 0.145. The molecule has 9 nitrogen and oxygen atoms in total. The van der Waals surface area contributed by atoms with E-state index in [1.807, 2.05) is 0 Å². The van der Waals surface area contributed by atoms with Gasteiger partial charge in [-0.25, -0.2) is 13.4 Å². The Bertz CT molecular complexity index is 744. The summed E-state index contributed by atoms with van der Waals surface area (Å²) in [6.45, 7) is 5.18. The molecule has 1 aromatic heterocycles. The number of aryl methyl sites for hydroxylation is 1. The van der Waals surface area contributed by atoms with Gasteiger partial charge in [0.2, 0.25) is 10.0 Å². The van der Waals surface area contributed by atoms with Crippen LogP contribution >= 0.6 is 0 Å². The summed E-state index contributed by atoms with van der Waals surface area (Å²) in [7, 11) is -1.58. The molecule has 0 aliphatic carbocycles. The van der Waals surface area contributed by atoms with Gasteiger partial charge in [-0.15, -0.1) is 0 Å². The van der Waals surface area contributed by atoms with Crippen LogP contribution in [0.2, 0.25) is 0 Å². The van der Waals surface area contributed by atoms with Gasteiger partial charge in [-0.3, -0.25) is 9.69 Å². The molecule has 0 radical (unpaired) electrons. The number of piperidine rings is 1. The van der Waals surface area contributed by atoms with Crippen LogP contribution in [0.4, 0.5) is 0 Å². The van der Waals surface area contributed by atoms with Gasteiger partial charge >= 0.3 is 0 Å². The number of hydrogen-bond acceptors (Lipinski definition) is 6. The van der Waals surface area contributed by atoms with Gasteiger partial charge in [-0.2, -0.15) is 4.31 Å². The van der Waals surface area contributed by atoms with E-state index >= 15 is 0 Å². The molecule has 2 aliphatic rings. The molecule has 0 saturated carbocycles. The molecule has 3 heterocycles. The second kappa shape index (κ2) is 8.68. The molecule has 0 N–H and O–H groups in total. The van der Waals surface area contributed by atoms with E-state index in [1.54, 1.807) is 33.2 Å². The zero-order valence-corrected chi connectivity index (χ0v) is 16.9. The maximum absolute atomic E-state index is 12.8. The number of likely N-dealkylation sites (tertiary alicyclic amines) is 1. The van der Waals surface area contributed by atoms with E-state index in [-0.39, 0.29) is 11.9 Å². The number of rotatable bonds is 6. The molecule has 1 amide bonds. The lowest BCUT2D eigenvalue weighted by atomic mass is 10.1. The number of carbonyl (C=O) groups excluding carboxylic acids is 1. The van der Waals surface area contributed by atoms with E-state index in [0.29, 0.717) is 45.2 Å². The first kappa shape index (κ1) is 20.2. The number of imidazole rings is 1. The van der Waals surface area contributed by atoms with Gasteiger partial charge in [-0.05, 0) is 12.8 Å². The molecule has 27 heavy (non-hydrogen) atoms. The third-order valence-corrected chi connectivity index (χ3v) is 6.60. The average molecular weight is 400 g/mol. The number of ether oxygens (including phenoxy) is 1. The normalized spacial score (nSPS) is 22.3. The minimum atomic E-state index is -3.36. The van der Waals surface area contributed by atoms with E-state index in [9.17, 15) is 13.2 Å². The van der Waals surface area contributed by atoms with Crippen LogP contribution in [0.1, 0.15) is 23.5 Å². The molecule has 0 aromatic carbocycles. The first-order chi connectivity index (χ1) is 12.9. The monoisotopic (exact) mass is 399 g/mol. The largest absolute Gasteiger partial charge is 0.379 e. The van der Waals surface area contributed by atoms with Crippen molar-refractivity contribution in [2.75, 3.05) is 58.7 Å². The van der Waals surface area contributed by atoms with Crippen LogP contribution < -0.4 is 0 Å². The third-order valence-electron chi connectivity index (χ3n) is 5.27. The van der Waals surface area contributed by atoms with Crippen LogP contribution in [-0.2, 0) is 21.8 Å². The second-order valence-electron chi connectivity index (χ2n) is 7.24. The predicted molar refractivity (Wildman–Crippen MR) is 101 cm³/mol. The number of carbonyl (C=O) groups is 1. The van der Waals surface area contributed by atoms with Crippen molar-refractivity contribution in [1.29, 1.82) is 0 Å². The predicted octanol–water partition coefficient (Wildman–Crippen LogP) is -0.381. The van der Waals surface area contributed by atoms with Crippen LogP contribution in [0.25, 0.3) is 0 Å². The highest BCUT2D eigenvalue weighted by Gasteiger charge is 2.33. The number of hydrogen-bond donors (Lipinski definition) is 0. The maximum Gasteiger partial charge on any atom is 0.289 e. The van der Waals surface area contributed by atoms with Crippen molar-refractivity contribution in [2.24, 2.45) is 7.05 Å². The van der Waals surface area contributed by atoms with Crippen molar-refractivity contribution in [3.05, 3.63) is 18.2 Å². The van der Waals surface area contributed by atoms with Crippen molar-refractivity contribution < 1.29 is 17.9 Å². The topological polar surface area (TPSA) is 88.0 Å². The third kappa shape index (κ3) is 5.07. The SMILES string of the molecule is Cn1ccnc1C(=O)N1CCCC(N(CCN2CCOCC2)S(C)(=O)=O)C1. The van der Waals surface area contributed by atoms with Gasteiger partial charge in [0.25, 0.3) is 5.91 Å². The number of amides is 1.